The van der Waals surface area contributed by atoms with Crippen LogP contribution in [0.3, 0.4) is 0 Å². The summed E-state index contributed by atoms with van der Waals surface area (Å²) in [5.41, 5.74) is 1.77. The van der Waals surface area contributed by atoms with E-state index in [1.165, 1.54) is 24.3 Å². The minimum atomic E-state index is -3.40. The molecule has 0 unspecified atom stereocenters. The van der Waals surface area contributed by atoms with Gasteiger partial charge in [-0.15, -0.1) is 0 Å². The molecule has 146 valence electrons. The zero-order valence-electron chi connectivity index (χ0n) is 15.3. The zero-order chi connectivity index (χ0) is 20.5. The second kappa shape index (κ2) is 7.08. The monoisotopic (exact) mass is 401 g/mol. The van der Waals surface area contributed by atoms with Crippen LogP contribution in [-0.4, -0.2) is 37.5 Å². The molecule has 1 atom stereocenters. The number of sulfone groups is 1. The minimum absolute atomic E-state index is 0.0631. The lowest BCUT2D eigenvalue weighted by molar-refractivity contribution is -0.133. The van der Waals surface area contributed by atoms with Gasteiger partial charge < -0.3 is 5.32 Å². The summed E-state index contributed by atoms with van der Waals surface area (Å²) in [6, 6.07) is 13.3. The third-order valence-electron chi connectivity index (χ3n) is 4.65. The summed E-state index contributed by atoms with van der Waals surface area (Å²) in [5.74, 6) is -1.30. The predicted molar refractivity (Wildman–Crippen MR) is 101 cm³/mol. The number of benzene rings is 2. The second-order valence-electron chi connectivity index (χ2n) is 6.43. The number of hydrogen-bond acceptors (Lipinski definition) is 5. The van der Waals surface area contributed by atoms with E-state index in [9.17, 15) is 22.8 Å². The maximum absolute atomic E-state index is 13.0. The predicted octanol–water partition coefficient (Wildman–Crippen LogP) is 1.59. The molecule has 0 bridgehead atoms. The van der Waals surface area contributed by atoms with Crippen LogP contribution in [0.25, 0.3) is 0 Å². The molecular weight excluding hydrogens is 382 g/mol. The summed E-state index contributed by atoms with van der Waals surface area (Å²) < 4.78 is 23.0. The van der Waals surface area contributed by atoms with Crippen LogP contribution in [0, 0.1) is 0 Å². The number of hydrogen-bond donors (Lipinski definition) is 2. The Hall–Kier alpha value is -3.20. The van der Waals surface area contributed by atoms with E-state index in [4.69, 9.17) is 0 Å². The van der Waals surface area contributed by atoms with Gasteiger partial charge in [0.2, 0.25) is 0 Å². The third kappa shape index (κ3) is 3.36. The lowest BCUT2D eigenvalue weighted by atomic mass is 9.87. The molecule has 9 heteroatoms. The van der Waals surface area contributed by atoms with Crippen LogP contribution in [0.2, 0.25) is 0 Å². The SMILES string of the molecule is CC[C@@]1(c2ccccc2)NC(=O)N(NC(=O)c2ccc(S(C)(=O)=O)cc2)C1=O. The van der Waals surface area contributed by atoms with Gasteiger partial charge in [-0.05, 0) is 36.2 Å². The lowest BCUT2D eigenvalue weighted by Gasteiger charge is -2.25. The Morgan fingerprint density at radius 3 is 2.21 bits per heavy atom. The first kappa shape index (κ1) is 19.6. The van der Waals surface area contributed by atoms with Crippen LogP contribution in [0.4, 0.5) is 4.79 Å². The van der Waals surface area contributed by atoms with Crippen molar-refractivity contribution >= 4 is 27.7 Å². The van der Waals surface area contributed by atoms with E-state index in [2.05, 4.69) is 10.7 Å². The summed E-state index contributed by atoms with van der Waals surface area (Å²) in [4.78, 5) is 37.9. The first-order valence-corrected chi connectivity index (χ1v) is 10.4. The van der Waals surface area contributed by atoms with Gasteiger partial charge >= 0.3 is 6.03 Å². The number of hydrazine groups is 1. The number of carbonyl (C=O) groups is 3. The van der Waals surface area contributed by atoms with E-state index in [0.717, 1.165) is 6.26 Å². The Balaban J connectivity index is 1.84. The highest BCUT2D eigenvalue weighted by Crippen LogP contribution is 2.31. The highest BCUT2D eigenvalue weighted by Gasteiger charge is 2.52. The van der Waals surface area contributed by atoms with Crippen LogP contribution in [0.15, 0.2) is 59.5 Å². The van der Waals surface area contributed by atoms with E-state index in [-0.39, 0.29) is 10.5 Å². The van der Waals surface area contributed by atoms with Gasteiger partial charge in [-0.25, -0.2) is 13.2 Å². The van der Waals surface area contributed by atoms with Gasteiger partial charge in [0.05, 0.1) is 4.90 Å². The molecule has 1 heterocycles. The highest BCUT2D eigenvalue weighted by molar-refractivity contribution is 7.90. The molecule has 2 aromatic rings. The molecule has 28 heavy (non-hydrogen) atoms. The van der Waals surface area contributed by atoms with Gasteiger partial charge in [-0.2, -0.15) is 5.01 Å². The molecule has 0 saturated carbocycles. The van der Waals surface area contributed by atoms with Gasteiger partial charge in [0.15, 0.2) is 9.84 Å². The second-order valence-corrected chi connectivity index (χ2v) is 8.45. The van der Waals surface area contributed by atoms with E-state index < -0.39 is 33.2 Å². The third-order valence-corrected chi connectivity index (χ3v) is 5.77. The summed E-state index contributed by atoms with van der Waals surface area (Å²) >= 11 is 0. The molecule has 2 N–H and O–H groups in total. The van der Waals surface area contributed by atoms with Gasteiger partial charge in [-0.3, -0.25) is 15.0 Å². The zero-order valence-corrected chi connectivity index (χ0v) is 16.1. The summed E-state index contributed by atoms with van der Waals surface area (Å²) in [6.45, 7) is 1.76. The number of nitrogens with one attached hydrogen (secondary N) is 2. The first-order chi connectivity index (χ1) is 13.2. The number of imide groups is 1. The summed E-state index contributed by atoms with van der Waals surface area (Å²) in [6.07, 6.45) is 1.36. The molecule has 0 aliphatic carbocycles. The Labute approximate surface area is 162 Å². The molecule has 1 saturated heterocycles. The molecule has 1 fully saturated rings. The van der Waals surface area contributed by atoms with Gasteiger partial charge in [0.25, 0.3) is 11.8 Å². The number of urea groups is 1. The average molecular weight is 401 g/mol. The molecule has 2 aromatic carbocycles. The Morgan fingerprint density at radius 1 is 1.07 bits per heavy atom. The maximum atomic E-state index is 13.0. The molecular formula is C19H19N3O5S. The fourth-order valence-corrected chi connectivity index (χ4v) is 3.69. The smallest absolute Gasteiger partial charge is 0.318 e. The Bertz CT molecular complexity index is 1030. The molecule has 4 amide bonds. The maximum Gasteiger partial charge on any atom is 0.344 e. The quantitative estimate of drug-likeness (QED) is 0.739. The van der Waals surface area contributed by atoms with E-state index in [1.807, 2.05) is 0 Å². The molecule has 0 radical (unpaired) electrons. The van der Waals surface area contributed by atoms with Crippen LogP contribution < -0.4 is 10.7 Å². The first-order valence-electron chi connectivity index (χ1n) is 8.52. The molecule has 3 rings (SSSR count). The number of nitrogens with zero attached hydrogens (tertiary/aromatic N) is 1. The molecule has 1 aliphatic rings. The number of amides is 4. The van der Waals surface area contributed by atoms with Crippen molar-refractivity contribution in [3.63, 3.8) is 0 Å². The van der Waals surface area contributed by atoms with Gasteiger partial charge in [-0.1, -0.05) is 37.3 Å². The summed E-state index contributed by atoms with van der Waals surface area (Å²) in [7, 11) is -3.40. The fraction of sp³-hybridized carbons (Fsp3) is 0.211. The van der Waals surface area contributed by atoms with Crippen LogP contribution in [0.1, 0.15) is 29.3 Å². The van der Waals surface area contributed by atoms with Gasteiger partial charge in [0, 0.05) is 11.8 Å². The molecule has 0 spiro atoms. The molecule has 1 aliphatic heterocycles. The number of rotatable bonds is 5. The van der Waals surface area contributed by atoms with Crippen LogP contribution in [0.5, 0.6) is 0 Å². The molecule has 0 aromatic heterocycles. The Kier molecular flexibility index (Phi) is 4.95. The van der Waals surface area contributed by atoms with Crippen LogP contribution in [-0.2, 0) is 20.2 Å². The average Bonchev–Trinajstić information content (AvgIpc) is 2.93. The van der Waals surface area contributed by atoms with Gasteiger partial charge in [0.1, 0.15) is 5.54 Å². The topological polar surface area (TPSA) is 113 Å². The normalized spacial score (nSPS) is 19.4. The largest absolute Gasteiger partial charge is 0.344 e. The van der Waals surface area contributed by atoms with E-state index in [0.29, 0.717) is 17.0 Å². The minimum Gasteiger partial charge on any atom is -0.318 e. The Morgan fingerprint density at radius 2 is 1.68 bits per heavy atom. The molecule has 8 nitrogen and oxygen atoms in total. The van der Waals surface area contributed by atoms with Crippen molar-refractivity contribution in [3.8, 4) is 0 Å². The van der Waals surface area contributed by atoms with Crippen molar-refractivity contribution in [3.05, 3.63) is 65.7 Å². The van der Waals surface area contributed by atoms with Crippen molar-refractivity contribution in [2.75, 3.05) is 6.26 Å². The standard InChI is InChI=1S/C19H19N3O5S/c1-3-19(14-7-5-4-6-8-14)17(24)22(18(25)20-19)21-16(23)13-9-11-15(12-10-13)28(2,26)27/h4-12H,3H2,1-2H3,(H,20,25)(H,21,23)/t19-/m0/s1. The highest BCUT2D eigenvalue weighted by atomic mass is 32.2. The van der Waals surface area contributed by atoms with E-state index in [1.54, 1.807) is 37.3 Å². The van der Waals surface area contributed by atoms with Crippen molar-refractivity contribution in [1.29, 1.82) is 0 Å². The van der Waals surface area contributed by atoms with Crippen molar-refractivity contribution in [2.24, 2.45) is 0 Å². The lowest BCUT2D eigenvalue weighted by Crippen LogP contribution is -2.48. The van der Waals surface area contributed by atoms with Crippen LogP contribution >= 0.6 is 0 Å². The van der Waals surface area contributed by atoms with E-state index >= 15 is 0 Å². The van der Waals surface area contributed by atoms with Crippen molar-refractivity contribution in [2.45, 2.75) is 23.8 Å². The van der Waals surface area contributed by atoms with Crippen molar-refractivity contribution < 1.29 is 22.8 Å². The number of carbonyl (C=O) groups excluding carboxylic acids is 3. The van der Waals surface area contributed by atoms with Crippen molar-refractivity contribution in [1.82, 2.24) is 15.8 Å². The summed E-state index contributed by atoms with van der Waals surface area (Å²) in [5, 5.41) is 3.32. The fourth-order valence-electron chi connectivity index (χ4n) is 3.06.